The molecule has 27 nitrogen and oxygen atoms in total. The number of rotatable bonds is 14. The number of esters is 6. The second-order valence-electron chi connectivity index (χ2n) is 17.7. The van der Waals surface area contributed by atoms with E-state index in [9.17, 15) is 67.2 Å². The van der Waals surface area contributed by atoms with E-state index in [1.807, 2.05) is 0 Å². The van der Waals surface area contributed by atoms with Gasteiger partial charge < -0.3 is 58.0 Å². The van der Waals surface area contributed by atoms with Crippen LogP contribution in [0.15, 0.2) is 47.9 Å². The molecule has 76 heavy (non-hydrogen) atoms. The van der Waals surface area contributed by atoms with Crippen molar-refractivity contribution in [2.75, 3.05) is 6.61 Å². The molecule has 2 aromatic carbocycles. The molecule has 2 aromatic rings. The summed E-state index contributed by atoms with van der Waals surface area (Å²) in [4.78, 5) is 185. The number of allylic oxidation sites excluding steroid dienone is 1. The van der Waals surface area contributed by atoms with Crippen LogP contribution in [0.5, 0.6) is 0 Å². The van der Waals surface area contributed by atoms with Crippen molar-refractivity contribution < 1.29 is 110 Å². The number of carbonyl (C=O) groups is 13. The number of nitroso groups, excluding NO2 is 1. The van der Waals surface area contributed by atoms with Crippen LogP contribution in [0.2, 0.25) is 0 Å². The normalized spacial score (nSPS) is 27.0. The number of hydrogen-bond acceptors (Lipinski definition) is 24. The first-order valence-electron chi connectivity index (χ1n) is 22.9. The Bertz CT molecular complexity index is 3010. The van der Waals surface area contributed by atoms with Crippen LogP contribution in [0, 0.1) is 16.7 Å². The number of amides is 2. The minimum Gasteiger partial charge on any atom is -0.484 e. The summed E-state index contributed by atoms with van der Waals surface area (Å²) < 4.78 is 54.9. The number of ketones is 5. The third kappa shape index (κ3) is 11.0. The predicted molar refractivity (Wildman–Crippen MR) is 243 cm³/mol. The summed E-state index contributed by atoms with van der Waals surface area (Å²) in [6.07, 6.45) is -12.5. The fraction of sp³-hybridized carbons (Fsp3) is 0.429. The van der Waals surface area contributed by atoms with Gasteiger partial charge in [0.15, 0.2) is 81.9 Å². The lowest BCUT2D eigenvalue weighted by Crippen LogP contribution is -2.67. The molecule has 2 fully saturated rings. The van der Waals surface area contributed by atoms with Gasteiger partial charge >= 0.3 is 41.7 Å². The minimum absolute atomic E-state index is 0.0322. The van der Waals surface area contributed by atoms with Crippen molar-refractivity contribution >= 4 is 82.4 Å². The van der Waals surface area contributed by atoms with E-state index in [0.717, 1.165) is 84.9 Å². The third-order valence-electron chi connectivity index (χ3n) is 12.2. The van der Waals surface area contributed by atoms with Gasteiger partial charge in [-0.3, -0.25) is 62.3 Å². The first-order chi connectivity index (χ1) is 35.8. The van der Waals surface area contributed by atoms with Crippen molar-refractivity contribution in [1.29, 1.82) is 0 Å². The molecule has 7 rings (SSSR count). The average Bonchev–Trinajstić information content (AvgIpc) is 3.94. The van der Waals surface area contributed by atoms with Crippen molar-refractivity contribution in [2.45, 2.75) is 117 Å². The Morgan fingerprint density at radius 3 is 1.47 bits per heavy atom. The second kappa shape index (κ2) is 22.0. The second-order valence-corrected chi connectivity index (χ2v) is 17.7. The highest BCUT2D eigenvalue weighted by molar-refractivity contribution is 6.37. The Labute approximate surface area is 428 Å². The number of carbonyl (C=O) groups excluding carboxylic acids is 13. The SMILES string of the molecule is CC(=O)OC[C@H]1O[C@@H](OC(C)=O)[C@H](NC(=O)C2C(=O)c3ccc(C(=O)c4ccc5c(c4)C(=O)C(C(=O)N[C@H]4[C@H](OC(C)=O)O[C@@H]6C(OC(C)=O)=C(C)O[C@H]6[C@@H]4OC(C)=[N+]=O)C5=O)cc3C2=O)[C@@H](OC(C)=O)[C@@H]1OC(C)=O. The van der Waals surface area contributed by atoms with Gasteiger partial charge in [-0.25, -0.2) is 0 Å². The van der Waals surface area contributed by atoms with E-state index in [2.05, 4.69) is 15.5 Å². The summed E-state index contributed by atoms with van der Waals surface area (Å²) in [5.41, 5.74) is -1.82. The number of benzene rings is 2. The smallest absolute Gasteiger partial charge is 0.484 e. The Morgan fingerprint density at radius 2 is 1.01 bits per heavy atom. The highest BCUT2D eigenvalue weighted by Gasteiger charge is 2.59. The van der Waals surface area contributed by atoms with Crippen LogP contribution in [0.1, 0.15) is 113 Å². The maximum Gasteiger partial charge on any atom is 0.529 e. The lowest BCUT2D eigenvalue weighted by molar-refractivity contribution is -0.271. The molecule has 2 N–H and O–H groups in total. The topological polar surface area (TPSA) is 369 Å². The van der Waals surface area contributed by atoms with E-state index in [1.165, 1.54) is 6.92 Å². The Morgan fingerprint density at radius 1 is 0.553 bits per heavy atom. The maximum absolute atomic E-state index is 14.1. The summed E-state index contributed by atoms with van der Waals surface area (Å²) in [6, 6.07) is 3.16. The van der Waals surface area contributed by atoms with E-state index >= 15 is 0 Å². The highest BCUT2D eigenvalue weighted by atomic mass is 16.7. The van der Waals surface area contributed by atoms with Crippen LogP contribution in [0.25, 0.3) is 0 Å². The van der Waals surface area contributed by atoms with Gasteiger partial charge in [-0.15, -0.1) is 0 Å². The Kier molecular flexibility index (Phi) is 15.9. The highest BCUT2D eigenvalue weighted by Crippen LogP contribution is 2.40. The van der Waals surface area contributed by atoms with Crippen LogP contribution in [0.4, 0.5) is 0 Å². The van der Waals surface area contributed by atoms with Crippen molar-refractivity contribution in [2.24, 2.45) is 11.8 Å². The lowest BCUT2D eigenvalue weighted by atomic mass is 9.94. The summed E-state index contributed by atoms with van der Waals surface area (Å²) in [6.45, 7) is 8.03. The molecule has 2 unspecified atom stereocenters. The molecule has 3 aliphatic heterocycles. The first kappa shape index (κ1) is 55.0. The molecule has 0 bridgehead atoms. The molecule has 5 aliphatic rings. The van der Waals surface area contributed by atoms with Crippen LogP contribution in [-0.4, -0.2) is 150 Å². The molecule has 0 spiro atoms. The van der Waals surface area contributed by atoms with Gasteiger partial charge in [-0.2, -0.15) is 0 Å². The van der Waals surface area contributed by atoms with Crippen LogP contribution < -0.4 is 15.5 Å². The fourth-order valence-electron chi connectivity index (χ4n) is 9.23. The van der Waals surface area contributed by atoms with Crippen LogP contribution >= 0.6 is 0 Å². The first-order valence-corrected chi connectivity index (χ1v) is 22.9. The molecule has 0 saturated carbocycles. The Hall–Kier alpha value is -8.81. The molecule has 3 heterocycles. The van der Waals surface area contributed by atoms with E-state index < -0.39 is 168 Å². The number of hydrogen-bond donors (Lipinski definition) is 2. The van der Waals surface area contributed by atoms with E-state index in [1.54, 1.807) is 0 Å². The van der Waals surface area contributed by atoms with Gasteiger partial charge in [0, 0.05) is 74.9 Å². The molecule has 0 aromatic heterocycles. The van der Waals surface area contributed by atoms with Gasteiger partial charge in [0.05, 0.1) is 6.92 Å². The van der Waals surface area contributed by atoms with Crippen LogP contribution in [0.3, 0.4) is 0 Å². The summed E-state index contributed by atoms with van der Waals surface area (Å²) in [5.74, 6) is -17.9. The summed E-state index contributed by atoms with van der Waals surface area (Å²) in [7, 11) is 0. The van der Waals surface area contributed by atoms with Crippen molar-refractivity contribution in [1.82, 2.24) is 15.5 Å². The average molecular weight is 1060 g/mol. The van der Waals surface area contributed by atoms with Crippen molar-refractivity contribution in [3.63, 3.8) is 0 Å². The molecule has 2 aliphatic carbocycles. The van der Waals surface area contributed by atoms with E-state index in [0.29, 0.717) is 0 Å². The minimum atomic E-state index is -2.14. The number of nitrogens with zero attached hydrogens (tertiary/aromatic N) is 1. The summed E-state index contributed by atoms with van der Waals surface area (Å²) >= 11 is 0. The number of Topliss-reactive ketones (excluding diaryl/α,β-unsaturated/α-hetero) is 4. The zero-order chi connectivity index (χ0) is 55.8. The van der Waals surface area contributed by atoms with Gasteiger partial charge in [-0.05, 0) is 31.2 Å². The number of ether oxygens (including phenoxy) is 10. The van der Waals surface area contributed by atoms with Gasteiger partial charge in [0.25, 0.3) is 4.85 Å². The number of fused-ring (bicyclic) bond motifs is 3. The molecular formula is C49H46N3O24+. The van der Waals surface area contributed by atoms with Crippen molar-refractivity contribution in [3.8, 4) is 0 Å². The Balaban J connectivity index is 1.11. The molecule has 2 saturated heterocycles. The number of nitrogens with one attached hydrogen (secondary N) is 2. The molecule has 2 amide bonds. The predicted octanol–water partition coefficient (Wildman–Crippen LogP) is -0.289. The summed E-state index contributed by atoms with van der Waals surface area (Å²) in [5, 5.41) is 4.78. The molecule has 12 atom stereocenters. The van der Waals surface area contributed by atoms with E-state index in [4.69, 9.17) is 47.4 Å². The quantitative estimate of drug-likeness (QED) is 0.0467. The fourth-order valence-corrected chi connectivity index (χ4v) is 9.23. The van der Waals surface area contributed by atoms with E-state index in [-0.39, 0.29) is 39.3 Å². The zero-order valence-electron chi connectivity index (χ0n) is 41.3. The lowest BCUT2D eigenvalue weighted by Gasteiger charge is -2.44. The molecular weight excluding hydrogens is 1010 g/mol. The van der Waals surface area contributed by atoms with Crippen molar-refractivity contribution in [3.05, 3.63) is 86.2 Å². The van der Waals surface area contributed by atoms with Gasteiger partial charge in [-0.1, -0.05) is 12.1 Å². The van der Waals surface area contributed by atoms with Crippen LogP contribution in [-0.2, 0) is 85.7 Å². The van der Waals surface area contributed by atoms with Gasteiger partial charge in [0.1, 0.15) is 30.6 Å². The maximum atomic E-state index is 14.1. The standard InChI is InChI=1S/C49H45N3O24/c1-16-40(70-19(4)54)44-45(68-16)43(69-17(2)52-66)34(49(76-44)74-23(8)58)51-47(65)32-37(61)27-12-10-25(14-29(27)39(32)63)35(59)24-9-11-26-28(13-24)38(62)31(36(26)60)46(64)50-33-42(72-21(6)56)41(71-20(5)55)30(15-67-18(3)53)75-48(33)73-22(7)57/h9-14,30-34,41-45,48-49H,15H2,1-8H3,(H-,50,51,64,65)/p+1/t30-,31?,32?,33-,34-,41-,42-,43-,44-,45+,48-,49-/m1/s1. The monoisotopic (exact) mass is 1060 g/mol. The zero-order valence-corrected chi connectivity index (χ0v) is 41.3. The molecule has 400 valence electrons. The largest absolute Gasteiger partial charge is 0.529 e. The molecule has 27 heteroatoms. The third-order valence-corrected chi connectivity index (χ3v) is 12.2. The molecule has 0 radical (unpaired) electrons. The van der Waals surface area contributed by atoms with Gasteiger partial charge in [0.2, 0.25) is 24.4 Å².